The van der Waals surface area contributed by atoms with Crippen LogP contribution >= 0.6 is 0 Å². The van der Waals surface area contributed by atoms with E-state index in [2.05, 4.69) is 18.0 Å². The molecule has 8 nitrogen and oxygen atoms in total. The van der Waals surface area contributed by atoms with Gasteiger partial charge >= 0.3 is 17.9 Å². The Kier molecular flexibility index (Phi) is 11.5. The second kappa shape index (κ2) is 12.7. The van der Waals surface area contributed by atoms with Crippen molar-refractivity contribution in [2.45, 2.75) is 53.2 Å². The monoisotopic (exact) mass is 382 g/mol. The minimum Gasteiger partial charge on any atom is -0.480 e. The number of carboxylic acid groups (broad SMARTS) is 1. The molecular weight excluding hydrogens is 352 g/mol. The lowest BCUT2D eigenvalue weighted by atomic mass is 10.1. The number of ether oxygens (including phenoxy) is 2. The molecule has 1 aromatic rings. The highest BCUT2D eigenvalue weighted by Crippen LogP contribution is 2.22. The van der Waals surface area contributed by atoms with Crippen LogP contribution in [0.1, 0.15) is 38.8 Å². The van der Waals surface area contributed by atoms with E-state index in [1.54, 1.807) is 13.8 Å². The number of hydrogen-bond acceptors (Lipinski definition) is 7. The van der Waals surface area contributed by atoms with Crippen LogP contribution in [-0.4, -0.2) is 48.3 Å². The van der Waals surface area contributed by atoms with Crippen LogP contribution in [0.5, 0.6) is 0 Å². The number of hydrogen-bond donors (Lipinski definition) is 3. The summed E-state index contributed by atoms with van der Waals surface area (Å²) < 4.78 is 9.96. The summed E-state index contributed by atoms with van der Waals surface area (Å²) in [5.74, 6) is -1.98. The van der Waals surface area contributed by atoms with Gasteiger partial charge in [-0.3, -0.25) is 4.79 Å². The van der Waals surface area contributed by atoms with Gasteiger partial charge in [0.25, 0.3) is 0 Å². The molecule has 2 atom stereocenters. The van der Waals surface area contributed by atoms with Gasteiger partial charge in [0.1, 0.15) is 6.04 Å². The van der Waals surface area contributed by atoms with Crippen LogP contribution in [0.2, 0.25) is 0 Å². The van der Waals surface area contributed by atoms with Gasteiger partial charge < -0.3 is 25.6 Å². The van der Waals surface area contributed by atoms with Gasteiger partial charge in [0.15, 0.2) is 6.10 Å². The van der Waals surface area contributed by atoms with Gasteiger partial charge in [-0.05, 0) is 45.2 Å². The number of carbonyl (C=O) groups is 3. The SMILES string of the molecule is CCOC(=O)C(C)OC(=O)[C@H](C)Nc1c(C)cccc1CC.NCC(=O)O. The summed E-state index contributed by atoms with van der Waals surface area (Å²) in [6, 6.07) is 5.45. The van der Waals surface area contributed by atoms with Crippen molar-refractivity contribution < 1.29 is 29.0 Å². The van der Waals surface area contributed by atoms with Gasteiger partial charge in [0.05, 0.1) is 13.2 Å². The van der Waals surface area contributed by atoms with E-state index in [1.807, 2.05) is 25.1 Å². The van der Waals surface area contributed by atoms with Gasteiger partial charge in [-0.2, -0.15) is 0 Å². The Morgan fingerprint density at radius 1 is 1.19 bits per heavy atom. The molecule has 1 rings (SSSR count). The van der Waals surface area contributed by atoms with Crippen LogP contribution in [0.3, 0.4) is 0 Å². The number of anilines is 1. The second-order valence-corrected chi connectivity index (χ2v) is 5.76. The fraction of sp³-hybridized carbons (Fsp3) is 0.526. The molecule has 0 spiro atoms. The second-order valence-electron chi connectivity index (χ2n) is 5.76. The van der Waals surface area contributed by atoms with Crippen molar-refractivity contribution in [3.05, 3.63) is 29.3 Å². The predicted molar refractivity (Wildman–Crippen MR) is 103 cm³/mol. The maximum absolute atomic E-state index is 12.1. The zero-order valence-electron chi connectivity index (χ0n) is 16.6. The maximum Gasteiger partial charge on any atom is 0.347 e. The summed E-state index contributed by atoms with van der Waals surface area (Å²) in [5, 5.41) is 10.8. The Morgan fingerprint density at radius 3 is 2.26 bits per heavy atom. The highest BCUT2D eigenvalue weighted by atomic mass is 16.6. The zero-order valence-corrected chi connectivity index (χ0v) is 16.6. The number of nitrogens with two attached hydrogens (primary N) is 1. The lowest BCUT2D eigenvalue weighted by Gasteiger charge is -2.20. The molecule has 0 aliphatic carbocycles. The Bertz CT molecular complexity index is 633. The molecule has 0 fully saturated rings. The Hall–Kier alpha value is -2.61. The molecular formula is C19H30N2O6. The summed E-state index contributed by atoms with van der Waals surface area (Å²) in [6.45, 7) is 8.96. The van der Waals surface area contributed by atoms with Gasteiger partial charge in [0, 0.05) is 5.69 Å². The number of aliphatic carboxylic acids is 1. The number of benzene rings is 1. The number of esters is 2. The Labute approximate surface area is 160 Å². The van der Waals surface area contributed by atoms with Crippen molar-refractivity contribution in [1.29, 1.82) is 0 Å². The minimum absolute atomic E-state index is 0.262. The molecule has 0 bridgehead atoms. The fourth-order valence-corrected chi connectivity index (χ4v) is 2.09. The number of aryl methyl sites for hydroxylation is 2. The molecule has 0 heterocycles. The van der Waals surface area contributed by atoms with E-state index in [4.69, 9.17) is 14.6 Å². The molecule has 0 aliphatic heterocycles. The molecule has 27 heavy (non-hydrogen) atoms. The van der Waals surface area contributed by atoms with E-state index >= 15 is 0 Å². The topological polar surface area (TPSA) is 128 Å². The van der Waals surface area contributed by atoms with Crippen LogP contribution in [0, 0.1) is 6.92 Å². The number of carboxylic acids is 1. The van der Waals surface area contributed by atoms with E-state index in [-0.39, 0.29) is 13.2 Å². The van der Waals surface area contributed by atoms with E-state index in [1.165, 1.54) is 6.92 Å². The Morgan fingerprint density at radius 2 is 1.78 bits per heavy atom. The van der Waals surface area contributed by atoms with Crippen LogP contribution < -0.4 is 11.1 Å². The van der Waals surface area contributed by atoms with Crippen LogP contribution in [-0.2, 0) is 30.3 Å². The number of para-hydroxylation sites is 1. The van der Waals surface area contributed by atoms with Crippen molar-refractivity contribution in [3.8, 4) is 0 Å². The number of rotatable bonds is 8. The lowest BCUT2D eigenvalue weighted by Crippen LogP contribution is -2.34. The van der Waals surface area contributed by atoms with E-state index < -0.39 is 30.1 Å². The normalized spacial score (nSPS) is 12.1. The van der Waals surface area contributed by atoms with Crippen molar-refractivity contribution in [2.75, 3.05) is 18.5 Å². The lowest BCUT2D eigenvalue weighted by molar-refractivity contribution is -0.166. The Balaban J connectivity index is 0.00000119. The molecule has 0 saturated heterocycles. The zero-order chi connectivity index (χ0) is 21.0. The summed E-state index contributed by atoms with van der Waals surface area (Å²) in [6.07, 6.45) is -0.0374. The highest BCUT2D eigenvalue weighted by molar-refractivity contribution is 5.83. The first-order valence-electron chi connectivity index (χ1n) is 8.81. The van der Waals surface area contributed by atoms with Gasteiger partial charge in [0.2, 0.25) is 0 Å². The molecule has 0 aliphatic rings. The van der Waals surface area contributed by atoms with Crippen molar-refractivity contribution in [2.24, 2.45) is 5.73 Å². The van der Waals surface area contributed by atoms with Gasteiger partial charge in [-0.25, -0.2) is 9.59 Å². The average Bonchev–Trinajstić information content (AvgIpc) is 2.63. The summed E-state index contributed by atoms with van der Waals surface area (Å²) in [7, 11) is 0. The summed E-state index contributed by atoms with van der Waals surface area (Å²) >= 11 is 0. The van der Waals surface area contributed by atoms with Gasteiger partial charge in [-0.1, -0.05) is 25.1 Å². The standard InChI is InChI=1S/C17H25NO4.C2H5NO2/c1-6-14-10-8-9-11(3)15(14)18-12(4)16(19)22-13(5)17(20)21-7-2;3-1-2(4)5/h8-10,12-13,18H,6-7H2,1-5H3;1,3H2,(H,4,5)/t12-,13?;/m0./s1. The quantitative estimate of drug-likeness (QED) is 0.582. The molecule has 152 valence electrons. The van der Waals surface area contributed by atoms with Crippen molar-refractivity contribution >= 4 is 23.6 Å². The molecule has 0 saturated carbocycles. The highest BCUT2D eigenvalue weighted by Gasteiger charge is 2.23. The summed E-state index contributed by atoms with van der Waals surface area (Å²) in [4.78, 5) is 32.8. The first kappa shape index (κ1) is 24.4. The maximum atomic E-state index is 12.1. The van der Waals surface area contributed by atoms with Gasteiger partial charge in [-0.15, -0.1) is 0 Å². The van der Waals surface area contributed by atoms with E-state index in [9.17, 15) is 14.4 Å². The van der Waals surface area contributed by atoms with Crippen LogP contribution in [0.25, 0.3) is 0 Å². The number of carbonyl (C=O) groups excluding carboxylic acids is 2. The minimum atomic E-state index is -0.968. The van der Waals surface area contributed by atoms with Crippen molar-refractivity contribution in [3.63, 3.8) is 0 Å². The van der Waals surface area contributed by atoms with E-state index in [0.717, 1.165) is 23.2 Å². The molecule has 1 aromatic carbocycles. The molecule has 0 aromatic heterocycles. The molecule has 0 amide bonds. The predicted octanol–water partition coefficient (Wildman–Crippen LogP) is 1.88. The molecule has 4 N–H and O–H groups in total. The third kappa shape index (κ3) is 9.05. The smallest absolute Gasteiger partial charge is 0.347 e. The largest absolute Gasteiger partial charge is 0.480 e. The third-order valence-electron chi connectivity index (χ3n) is 3.54. The first-order valence-corrected chi connectivity index (χ1v) is 8.81. The molecule has 8 heteroatoms. The van der Waals surface area contributed by atoms with Crippen molar-refractivity contribution in [1.82, 2.24) is 0 Å². The summed E-state index contributed by atoms with van der Waals surface area (Å²) in [5.41, 5.74) is 7.72. The third-order valence-corrected chi connectivity index (χ3v) is 3.54. The van der Waals surface area contributed by atoms with E-state index in [0.29, 0.717) is 0 Å². The molecule has 0 radical (unpaired) electrons. The van der Waals surface area contributed by atoms with Crippen LogP contribution in [0.15, 0.2) is 18.2 Å². The van der Waals surface area contributed by atoms with Crippen LogP contribution in [0.4, 0.5) is 5.69 Å². The first-order chi connectivity index (χ1) is 12.7. The molecule has 1 unspecified atom stereocenters. The number of nitrogens with one attached hydrogen (secondary N) is 1. The average molecular weight is 382 g/mol. The fourth-order valence-electron chi connectivity index (χ4n) is 2.09.